The highest BCUT2D eigenvalue weighted by Crippen LogP contribution is 2.26. The summed E-state index contributed by atoms with van der Waals surface area (Å²) in [5, 5.41) is 12.2. The first-order chi connectivity index (χ1) is 10.9. The number of carbonyl (C=O) groups is 2. The molecule has 2 unspecified atom stereocenters. The van der Waals surface area contributed by atoms with Gasteiger partial charge >= 0.3 is 0 Å². The van der Waals surface area contributed by atoms with Crippen LogP contribution in [-0.4, -0.2) is 36.1 Å². The fourth-order valence-electron chi connectivity index (χ4n) is 2.64. The average Bonchev–Trinajstić information content (AvgIpc) is 2.91. The Kier molecular flexibility index (Phi) is 5.71. The summed E-state index contributed by atoms with van der Waals surface area (Å²) in [6, 6.07) is 4.50. The fourth-order valence-corrected chi connectivity index (χ4v) is 2.64. The summed E-state index contributed by atoms with van der Waals surface area (Å²) in [5.41, 5.74) is 1.09. The first kappa shape index (κ1) is 17.4. The average molecular weight is 322 g/mol. The molecule has 1 aromatic rings. The molecule has 1 saturated heterocycles. The van der Waals surface area contributed by atoms with E-state index in [2.05, 4.69) is 5.32 Å². The van der Waals surface area contributed by atoms with Crippen molar-refractivity contribution >= 4 is 17.5 Å². The van der Waals surface area contributed by atoms with Gasteiger partial charge in [0.15, 0.2) is 0 Å². The van der Waals surface area contributed by atoms with E-state index in [-0.39, 0.29) is 24.1 Å². The minimum atomic E-state index is -0.417. The molecule has 0 aliphatic carbocycles. The predicted molar refractivity (Wildman–Crippen MR) is 85.5 cm³/mol. The standard InChI is InChI=1S/C17H23FN2O3/c1-3-14(21)6-7-19-17(23)12-9-16(22)20(10-12)13-4-5-15(18)11(2)8-13/h4-5,8,12,14,21H,3,6-7,9-10H2,1-2H3,(H,19,23). The third kappa shape index (κ3) is 4.28. The van der Waals surface area contributed by atoms with E-state index in [1.54, 1.807) is 19.1 Å². The van der Waals surface area contributed by atoms with E-state index in [1.807, 2.05) is 6.92 Å². The zero-order valence-electron chi connectivity index (χ0n) is 13.5. The van der Waals surface area contributed by atoms with Crippen molar-refractivity contribution in [3.63, 3.8) is 0 Å². The highest BCUT2D eigenvalue weighted by atomic mass is 19.1. The summed E-state index contributed by atoms with van der Waals surface area (Å²) in [6.45, 7) is 4.22. The molecule has 0 saturated carbocycles. The molecule has 126 valence electrons. The highest BCUT2D eigenvalue weighted by Gasteiger charge is 2.35. The third-order valence-electron chi connectivity index (χ3n) is 4.20. The second-order valence-corrected chi connectivity index (χ2v) is 5.98. The second kappa shape index (κ2) is 7.55. The van der Waals surface area contributed by atoms with Gasteiger partial charge in [-0.3, -0.25) is 9.59 Å². The molecule has 2 amide bonds. The topological polar surface area (TPSA) is 69.6 Å². The van der Waals surface area contributed by atoms with Gasteiger partial charge in [-0.25, -0.2) is 4.39 Å². The Balaban J connectivity index is 1.93. The van der Waals surface area contributed by atoms with Crippen LogP contribution in [-0.2, 0) is 9.59 Å². The number of hydrogen-bond donors (Lipinski definition) is 2. The quantitative estimate of drug-likeness (QED) is 0.838. The number of aliphatic hydroxyl groups excluding tert-OH is 1. The van der Waals surface area contributed by atoms with Gasteiger partial charge < -0.3 is 15.3 Å². The van der Waals surface area contributed by atoms with Gasteiger partial charge in [-0.2, -0.15) is 0 Å². The van der Waals surface area contributed by atoms with Crippen LogP contribution >= 0.6 is 0 Å². The summed E-state index contributed by atoms with van der Waals surface area (Å²) in [5.74, 6) is -1.04. The Morgan fingerprint density at radius 3 is 2.91 bits per heavy atom. The first-order valence-electron chi connectivity index (χ1n) is 7.94. The number of nitrogens with zero attached hydrogens (tertiary/aromatic N) is 1. The number of hydrogen-bond acceptors (Lipinski definition) is 3. The monoisotopic (exact) mass is 322 g/mol. The molecule has 0 bridgehead atoms. The minimum absolute atomic E-state index is 0.134. The van der Waals surface area contributed by atoms with E-state index in [9.17, 15) is 19.1 Å². The molecule has 0 spiro atoms. The normalized spacial score (nSPS) is 19.0. The van der Waals surface area contributed by atoms with Gasteiger partial charge in [0.05, 0.1) is 12.0 Å². The zero-order valence-corrected chi connectivity index (χ0v) is 13.5. The van der Waals surface area contributed by atoms with Crippen LogP contribution < -0.4 is 10.2 Å². The molecule has 2 rings (SSSR count). The highest BCUT2D eigenvalue weighted by molar-refractivity contribution is 6.00. The van der Waals surface area contributed by atoms with E-state index in [0.29, 0.717) is 37.2 Å². The van der Waals surface area contributed by atoms with Gasteiger partial charge in [0, 0.05) is 25.2 Å². The summed E-state index contributed by atoms with van der Waals surface area (Å²) >= 11 is 0. The summed E-state index contributed by atoms with van der Waals surface area (Å²) < 4.78 is 13.3. The Bertz CT molecular complexity index is 591. The van der Waals surface area contributed by atoms with Crippen molar-refractivity contribution in [3.8, 4) is 0 Å². The fraction of sp³-hybridized carbons (Fsp3) is 0.529. The number of halogens is 1. The van der Waals surface area contributed by atoms with Crippen molar-refractivity contribution in [2.45, 2.75) is 39.2 Å². The van der Waals surface area contributed by atoms with Crippen LogP contribution in [0.5, 0.6) is 0 Å². The van der Waals surface area contributed by atoms with Gasteiger partial charge in [0.2, 0.25) is 11.8 Å². The smallest absolute Gasteiger partial charge is 0.227 e. The molecule has 1 aliphatic heterocycles. The van der Waals surface area contributed by atoms with Crippen molar-refractivity contribution in [2.75, 3.05) is 18.0 Å². The SMILES string of the molecule is CCC(O)CCNC(=O)C1CC(=O)N(c2ccc(F)c(C)c2)C1. The molecule has 1 aliphatic rings. The van der Waals surface area contributed by atoms with E-state index < -0.39 is 12.0 Å². The number of carbonyl (C=O) groups excluding carboxylic acids is 2. The number of amides is 2. The van der Waals surface area contributed by atoms with Gasteiger partial charge in [0.25, 0.3) is 0 Å². The van der Waals surface area contributed by atoms with Gasteiger partial charge in [-0.15, -0.1) is 0 Å². The lowest BCUT2D eigenvalue weighted by Gasteiger charge is -2.17. The van der Waals surface area contributed by atoms with E-state index in [1.165, 1.54) is 11.0 Å². The van der Waals surface area contributed by atoms with Crippen LogP contribution in [0.1, 0.15) is 31.7 Å². The molecule has 2 N–H and O–H groups in total. The van der Waals surface area contributed by atoms with Gasteiger partial charge in [-0.05, 0) is 43.5 Å². The molecule has 0 aromatic heterocycles. The number of anilines is 1. The Labute approximate surface area is 135 Å². The van der Waals surface area contributed by atoms with E-state index in [0.717, 1.165) is 0 Å². The number of rotatable bonds is 6. The van der Waals surface area contributed by atoms with E-state index >= 15 is 0 Å². The van der Waals surface area contributed by atoms with Crippen molar-refractivity contribution in [2.24, 2.45) is 5.92 Å². The van der Waals surface area contributed by atoms with Crippen LogP contribution in [0.3, 0.4) is 0 Å². The lowest BCUT2D eigenvalue weighted by Crippen LogP contribution is -2.34. The molecule has 0 radical (unpaired) electrons. The van der Waals surface area contributed by atoms with Crippen LogP contribution in [0.2, 0.25) is 0 Å². The number of aliphatic hydroxyl groups is 1. The van der Waals surface area contributed by atoms with Crippen LogP contribution in [0.25, 0.3) is 0 Å². The van der Waals surface area contributed by atoms with Crippen LogP contribution in [0, 0.1) is 18.7 Å². The zero-order chi connectivity index (χ0) is 17.0. The van der Waals surface area contributed by atoms with Crippen molar-refractivity contribution in [3.05, 3.63) is 29.6 Å². The van der Waals surface area contributed by atoms with Crippen molar-refractivity contribution in [1.82, 2.24) is 5.32 Å². The van der Waals surface area contributed by atoms with Gasteiger partial charge in [0.1, 0.15) is 5.82 Å². The molecule has 5 nitrogen and oxygen atoms in total. The number of aryl methyl sites for hydroxylation is 1. The molecule has 1 heterocycles. The first-order valence-corrected chi connectivity index (χ1v) is 7.94. The summed E-state index contributed by atoms with van der Waals surface area (Å²) in [6.07, 6.45) is 0.886. The molecular weight excluding hydrogens is 299 g/mol. The number of benzene rings is 1. The van der Waals surface area contributed by atoms with Crippen LogP contribution in [0.4, 0.5) is 10.1 Å². The second-order valence-electron chi connectivity index (χ2n) is 5.98. The van der Waals surface area contributed by atoms with Crippen LogP contribution in [0.15, 0.2) is 18.2 Å². The molecule has 1 aromatic carbocycles. The lowest BCUT2D eigenvalue weighted by molar-refractivity contribution is -0.126. The van der Waals surface area contributed by atoms with E-state index in [4.69, 9.17) is 0 Å². The Morgan fingerprint density at radius 1 is 1.52 bits per heavy atom. The molecule has 2 atom stereocenters. The molecule has 6 heteroatoms. The maximum absolute atomic E-state index is 13.3. The summed E-state index contributed by atoms with van der Waals surface area (Å²) in [4.78, 5) is 25.8. The van der Waals surface area contributed by atoms with Gasteiger partial charge in [-0.1, -0.05) is 6.92 Å². The molecular formula is C17H23FN2O3. The molecule has 1 fully saturated rings. The maximum Gasteiger partial charge on any atom is 0.227 e. The number of nitrogens with one attached hydrogen (secondary N) is 1. The van der Waals surface area contributed by atoms with Crippen molar-refractivity contribution < 1.29 is 19.1 Å². The third-order valence-corrected chi connectivity index (χ3v) is 4.20. The van der Waals surface area contributed by atoms with Crippen molar-refractivity contribution in [1.29, 1.82) is 0 Å². The Morgan fingerprint density at radius 2 is 2.26 bits per heavy atom. The predicted octanol–water partition coefficient (Wildman–Crippen LogP) is 1.76. The molecule has 23 heavy (non-hydrogen) atoms. The Hall–Kier alpha value is -1.95. The summed E-state index contributed by atoms with van der Waals surface area (Å²) in [7, 11) is 0. The largest absolute Gasteiger partial charge is 0.393 e. The minimum Gasteiger partial charge on any atom is -0.393 e. The lowest BCUT2D eigenvalue weighted by atomic mass is 10.1. The maximum atomic E-state index is 13.3.